The Morgan fingerprint density at radius 1 is 1.38 bits per heavy atom. The largest absolute Gasteiger partial charge is 0.383 e. The molecule has 0 spiro atoms. The summed E-state index contributed by atoms with van der Waals surface area (Å²) in [6, 6.07) is 1.96. The van der Waals surface area contributed by atoms with Gasteiger partial charge >= 0.3 is 0 Å². The van der Waals surface area contributed by atoms with E-state index in [0.29, 0.717) is 19.6 Å². The van der Waals surface area contributed by atoms with Gasteiger partial charge in [0, 0.05) is 26.6 Å². The van der Waals surface area contributed by atoms with Crippen molar-refractivity contribution >= 4 is 10.0 Å². The van der Waals surface area contributed by atoms with E-state index in [4.69, 9.17) is 10.00 Å². The van der Waals surface area contributed by atoms with Gasteiger partial charge in [-0.1, -0.05) is 13.3 Å². The van der Waals surface area contributed by atoms with Crippen LogP contribution in [0.1, 0.15) is 26.2 Å². The fraction of sp³-hybridized carbons (Fsp3) is 0.900. The van der Waals surface area contributed by atoms with Crippen molar-refractivity contribution < 1.29 is 13.2 Å². The van der Waals surface area contributed by atoms with Gasteiger partial charge in [0.2, 0.25) is 10.0 Å². The van der Waals surface area contributed by atoms with Gasteiger partial charge in [0.25, 0.3) is 0 Å². The molecule has 0 fully saturated rings. The summed E-state index contributed by atoms with van der Waals surface area (Å²) in [5, 5.41) is 8.48. The molecule has 0 aliphatic heterocycles. The number of hydrogen-bond donors (Lipinski definition) is 0. The van der Waals surface area contributed by atoms with E-state index in [9.17, 15) is 8.42 Å². The van der Waals surface area contributed by atoms with Crippen LogP contribution in [0.4, 0.5) is 0 Å². The van der Waals surface area contributed by atoms with Gasteiger partial charge in [0.15, 0.2) is 0 Å². The van der Waals surface area contributed by atoms with Gasteiger partial charge in [-0.3, -0.25) is 0 Å². The molecule has 6 heteroatoms. The van der Waals surface area contributed by atoms with Crippen LogP contribution in [-0.2, 0) is 14.8 Å². The Balaban J connectivity index is 4.40. The summed E-state index contributed by atoms with van der Waals surface area (Å²) >= 11 is 0. The van der Waals surface area contributed by atoms with E-state index >= 15 is 0 Å². The molecule has 0 aliphatic carbocycles. The Kier molecular flexibility index (Phi) is 8.16. The van der Waals surface area contributed by atoms with Crippen molar-refractivity contribution in [3.63, 3.8) is 0 Å². The Hall–Kier alpha value is -0.640. The summed E-state index contributed by atoms with van der Waals surface area (Å²) in [6.45, 7) is 2.89. The molecular weight excluding hydrogens is 228 g/mol. The number of methoxy groups -OCH3 is 1. The van der Waals surface area contributed by atoms with Crippen molar-refractivity contribution in [2.45, 2.75) is 26.2 Å². The summed E-state index contributed by atoms with van der Waals surface area (Å²) in [5.41, 5.74) is 0. The monoisotopic (exact) mass is 248 g/mol. The topological polar surface area (TPSA) is 70.4 Å². The number of nitriles is 1. The first-order valence-corrected chi connectivity index (χ1v) is 7.03. The first kappa shape index (κ1) is 15.4. The number of unbranched alkanes of at least 4 members (excludes halogenated alkanes) is 1. The van der Waals surface area contributed by atoms with Crippen LogP contribution in [0.3, 0.4) is 0 Å². The SMILES string of the molecule is CCCCS(=O)(=O)N(CCC#N)CCOC. The van der Waals surface area contributed by atoms with Crippen LogP contribution in [0.5, 0.6) is 0 Å². The Morgan fingerprint density at radius 3 is 2.56 bits per heavy atom. The van der Waals surface area contributed by atoms with Crippen LogP contribution in [0.15, 0.2) is 0 Å². The second-order valence-electron chi connectivity index (χ2n) is 3.47. The average Bonchev–Trinajstić information content (AvgIpc) is 2.26. The lowest BCUT2D eigenvalue weighted by molar-refractivity contribution is 0.179. The molecule has 0 aromatic heterocycles. The highest BCUT2D eigenvalue weighted by molar-refractivity contribution is 7.89. The van der Waals surface area contributed by atoms with Gasteiger partial charge in [0.05, 0.1) is 18.4 Å². The van der Waals surface area contributed by atoms with Crippen LogP contribution in [0.2, 0.25) is 0 Å². The third-order valence-corrected chi connectivity index (χ3v) is 4.12. The smallest absolute Gasteiger partial charge is 0.214 e. The second kappa shape index (κ2) is 8.50. The molecule has 0 aromatic rings. The molecule has 16 heavy (non-hydrogen) atoms. The fourth-order valence-corrected chi connectivity index (χ4v) is 2.85. The summed E-state index contributed by atoms with van der Waals surface area (Å²) < 4.78 is 29.9. The van der Waals surface area contributed by atoms with Gasteiger partial charge in [0.1, 0.15) is 0 Å². The second-order valence-corrected chi connectivity index (χ2v) is 5.56. The van der Waals surface area contributed by atoms with Crippen LogP contribution in [-0.4, -0.2) is 45.3 Å². The predicted octanol–water partition coefficient (Wildman–Crippen LogP) is 0.978. The zero-order valence-corrected chi connectivity index (χ0v) is 10.8. The first-order chi connectivity index (χ1) is 7.58. The zero-order valence-electron chi connectivity index (χ0n) is 9.98. The van der Waals surface area contributed by atoms with Gasteiger partial charge in [-0.2, -0.15) is 9.57 Å². The Bertz CT molecular complexity index is 309. The molecule has 0 atom stereocenters. The minimum atomic E-state index is -3.23. The highest BCUT2D eigenvalue weighted by atomic mass is 32.2. The average molecular weight is 248 g/mol. The van der Waals surface area contributed by atoms with Gasteiger partial charge in [-0.15, -0.1) is 0 Å². The fourth-order valence-electron chi connectivity index (χ4n) is 1.21. The van der Waals surface area contributed by atoms with Gasteiger partial charge in [-0.05, 0) is 6.42 Å². The van der Waals surface area contributed by atoms with Crippen molar-refractivity contribution in [3.8, 4) is 6.07 Å². The lowest BCUT2D eigenvalue weighted by atomic mass is 10.4. The summed E-state index contributed by atoms with van der Waals surface area (Å²) in [5.74, 6) is 0.151. The maximum Gasteiger partial charge on any atom is 0.214 e. The van der Waals surface area contributed by atoms with E-state index in [1.807, 2.05) is 13.0 Å². The molecule has 94 valence electrons. The lowest BCUT2D eigenvalue weighted by Gasteiger charge is -2.20. The lowest BCUT2D eigenvalue weighted by Crippen LogP contribution is -2.36. The molecule has 0 unspecified atom stereocenters. The van der Waals surface area contributed by atoms with Gasteiger partial charge < -0.3 is 4.74 Å². The van der Waals surface area contributed by atoms with E-state index < -0.39 is 10.0 Å². The molecule has 0 aliphatic rings. The summed E-state index contributed by atoms with van der Waals surface area (Å²) in [4.78, 5) is 0. The van der Waals surface area contributed by atoms with Gasteiger partial charge in [-0.25, -0.2) is 8.42 Å². The van der Waals surface area contributed by atoms with Crippen molar-refractivity contribution in [1.82, 2.24) is 4.31 Å². The number of nitrogens with zero attached hydrogens (tertiary/aromatic N) is 2. The van der Waals surface area contributed by atoms with Crippen molar-refractivity contribution in [2.24, 2.45) is 0 Å². The highest BCUT2D eigenvalue weighted by Crippen LogP contribution is 2.05. The Morgan fingerprint density at radius 2 is 2.06 bits per heavy atom. The van der Waals surface area contributed by atoms with Crippen molar-refractivity contribution in [3.05, 3.63) is 0 Å². The van der Waals surface area contributed by atoms with E-state index in [-0.39, 0.29) is 18.7 Å². The number of sulfonamides is 1. The molecule has 0 bridgehead atoms. The predicted molar refractivity (Wildman–Crippen MR) is 62.4 cm³/mol. The highest BCUT2D eigenvalue weighted by Gasteiger charge is 2.20. The van der Waals surface area contributed by atoms with E-state index in [0.717, 1.165) is 6.42 Å². The molecule has 0 aromatic carbocycles. The number of ether oxygens (including phenoxy) is 1. The van der Waals surface area contributed by atoms with E-state index in [1.54, 1.807) is 0 Å². The molecule has 0 heterocycles. The molecule has 0 saturated carbocycles. The molecule has 0 rings (SSSR count). The third-order valence-electron chi connectivity index (χ3n) is 2.17. The molecule has 5 nitrogen and oxygen atoms in total. The van der Waals surface area contributed by atoms with Crippen molar-refractivity contribution in [1.29, 1.82) is 5.26 Å². The molecular formula is C10H20N2O3S. The first-order valence-electron chi connectivity index (χ1n) is 5.42. The minimum absolute atomic E-state index is 0.151. The number of hydrogen-bond acceptors (Lipinski definition) is 4. The zero-order chi connectivity index (χ0) is 12.4. The minimum Gasteiger partial charge on any atom is -0.383 e. The Labute approximate surface area is 98.1 Å². The third kappa shape index (κ3) is 6.05. The molecule has 0 saturated heterocycles. The van der Waals surface area contributed by atoms with E-state index in [1.165, 1.54) is 11.4 Å². The maximum absolute atomic E-state index is 11.9. The standard InChI is InChI=1S/C10H20N2O3S/c1-3-4-10-16(13,14)12(7-5-6-11)8-9-15-2/h3-5,7-10H2,1-2H3. The summed E-state index contributed by atoms with van der Waals surface area (Å²) in [6.07, 6.45) is 1.71. The quantitative estimate of drug-likeness (QED) is 0.610. The van der Waals surface area contributed by atoms with Crippen LogP contribution in [0.25, 0.3) is 0 Å². The molecule has 0 amide bonds. The maximum atomic E-state index is 11.9. The van der Waals surface area contributed by atoms with Crippen molar-refractivity contribution in [2.75, 3.05) is 32.6 Å². The van der Waals surface area contributed by atoms with E-state index in [2.05, 4.69) is 0 Å². The molecule has 0 radical (unpaired) electrons. The summed E-state index contributed by atoms with van der Waals surface area (Å²) in [7, 11) is -1.70. The van der Waals surface area contributed by atoms with Crippen LogP contribution in [0, 0.1) is 11.3 Å². The molecule has 0 N–H and O–H groups in total. The van der Waals surface area contributed by atoms with Crippen LogP contribution >= 0.6 is 0 Å². The normalized spacial score (nSPS) is 11.6. The van der Waals surface area contributed by atoms with Crippen LogP contribution < -0.4 is 0 Å². The number of rotatable bonds is 9.